The zero-order chi connectivity index (χ0) is 21.9. The average molecular weight is 448 g/mol. The van der Waals surface area contributed by atoms with Crippen molar-refractivity contribution in [3.8, 4) is 5.69 Å². The largest absolute Gasteiger partial charge is 0.341 e. The van der Waals surface area contributed by atoms with Gasteiger partial charge in [0.15, 0.2) is 5.16 Å². The molecule has 2 aliphatic rings. The summed E-state index contributed by atoms with van der Waals surface area (Å²) in [6.45, 7) is 5.56. The molecule has 6 nitrogen and oxygen atoms in total. The lowest BCUT2D eigenvalue weighted by Crippen LogP contribution is -2.37. The van der Waals surface area contributed by atoms with Crippen LogP contribution in [0.4, 0.5) is 5.95 Å². The number of rotatable bonds is 5. The van der Waals surface area contributed by atoms with Crippen LogP contribution in [0.15, 0.2) is 53.7 Å². The molecule has 0 bridgehead atoms. The summed E-state index contributed by atoms with van der Waals surface area (Å²) >= 11 is 1.49. The van der Waals surface area contributed by atoms with Gasteiger partial charge in [-0.3, -0.25) is 9.36 Å². The van der Waals surface area contributed by atoms with E-state index < -0.39 is 0 Å². The normalized spacial score (nSPS) is 16.2. The van der Waals surface area contributed by atoms with Gasteiger partial charge in [0.2, 0.25) is 11.9 Å². The first-order valence-corrected chi connectivity index (χ1v) is 12.4. The first-order chi connectivity index (χ1) is 15.7. The van der Waals surface area contributed by atoms with Crippen molar-refractivity contribution in [3.05, 3.63) is 65.2 Å². The van der Waals surface area contributed by atoms with Gasteiger partial charge in [-0.05, 0) is 55.9 Å². The van der Waals surface area contributed by atoms with Crippen LogP contribution in [0.25, 0.3) is 5.69 Å². The minimum atomic E-state index is 0.155. The third-order valence-corrected chi connectivity index (χ3v) is 7.27. The summed E-state index contributed by atoms with van der Waals surface area (Å²) in [5, 5.41) is 9.84. The average Bonchev–Trinajstić information content (AvgIpc) is 3.27. The molecule has 3 heterocycles. The summed E-state index contributed by atoms with van der Waals surface area (Å²) in [7, 11) is 0. The molecule has 5 rings (SSSR count). The molecular weight excluding hydrogens is 418 g/mol. The minimum absolute atomic E-state index is 0.155. The van der Waals surface area contributed by atoms with Gasteiger partial charge in [-0.2, -0.15) is 0 Å². The third-order valence-electron chi connectivity index (χ3n) is 6.36. The molecule has 7 heteroatoms. The van der Waals surface area contributed by atoms with Crippen LogP contribution >= 0.6 is 11.8 Å². The first kappa shape index (κ1) is 21.1. The Morgan fingerprint density at radius 2 is 1.69 bits per heavy atom. The molecule has 0 unspecified atom stereocenters. The number of piperidine rings is 1. The maximum absolute atomic E-state index is 13.0. The maximum Gasteiger partial charge on any atom is 0.233 e. The summed E-state index contributed by atoms with van der Waals surface area (Å²) in [4.78, 5) is 17.3. The number of hydrogen-bond donors (Lipinski definition) is 0. The van der Waals surface area contributed by atoms with Gasteiger partial charge in [-0.1, -0.05) is 53.7 Å². The number of amides is 1. The zero-order valence-electron chi connectivity index (χ0n) is 18.5. The Hall–Kier alpha value is -2.80. The van der Waals surface area contributed by atoms with Gasteiger partial charge in [0.25, 0.3) is 0 Å². The van der Waals surface area contributed by atoms with Crippen LogP contribution in [0.2, 0.25) is 0 Å². The molecule has 2 aliphatic heterocycles. The molecule has 1 fully saturated rings. The van der Waals surface area contributed by atoms with Crippen LogP contribution in [0.5, 0.6) is 0 Å². The molecule has 0 spiro atoms. The molecule has 0 atom stereocenters. The topological polar surface area (TPSA) is 54.3 Å². The monoisotopic (exact) mass is 447 g/mol. The van der Waals surface area contributed by atoms with Crippen LogP contribution in [-0.4, -0.2) is 51.0 Å². The van der Waals surface area contributed by atoms with Gasteiger partial charge in [-0.15, -0.1) is 10.2 Å². The second-order valence-corrected chi connectivity index (χ2v) is 9.57. The molecule has 3 aromatic rings. The summed E-state index contributed by atoms with van der Waals surface area (Å²) in [6.07, 6.45) is 4.55. The Bertz CT molecular complexity index is 1090. The molecule has 166 valence electrons. The molecule has 1 saturated heterocycles. The van der Waals surface area contributed by atoms with Crippen molar-refractivity contribution in [2.75, 3.05) is 30.3 Å². The Balaban J connectivity index is 1.35. The highest BCUT2D eigenvalue weighted by atomic mass is 32.2. The number of anilines is 1. The number of nitrogens with zero attached hydrogens (tertiary/aromatic N) is 5. The van der Waals surface area contributed by atoms with Crippen molar-refractivity contribution in [1.29, 1.82) is 0 Å². The van der Waals surface area contributed by atoms with E-state index in [0.717, 1.165) is 42.8 Å². The highest BCUT2D eigenvalue weighted by Crippen LogP contribution is 2.29. The van der Waals surface area contributed by atoms with E-state index in [1.165, 1.54) is 47.7 Å². The quantitative estimate of drug-likeness (QED) is 0.548. The van der Waals surface area contributed by atoms with Crippen LogP contribution in [-0.2, 0) is 17.8 Å². The Morgan fingerprint density at radius 3 is 2.47 bits per heavy atom. The number of benzene rings is 2. The standard InChI is InChI=1S/C25H29N5OS/c1-19-9-11-22(12-10-19)30-24(28-14-5-2-6-15-28)26-27-25(30)32-18-23(31)29-16-13-20-7-3-4-8-21(20)17-29/h3-4,7-12H,2,5-6,13-18H2,1H3. The van der Waals surface area contributed by atoms with E-state index >= 15 is 0 Å². The van der Waals surface area contributed by atoms with E-state index in [2.05, 4.69) is 69.1 Å². The van der Waals surface area contributed by atoms with E-state index in [1.807, 2.05) is 11.0 Å². The lowest BCUT2D eigenvalue weighted by atomic mass is 10.00. The number of fused-ring (bicyclic) bond motifs is 1. The predicted molar refractivity (Wildman–Crippen MR) is 128 cm³/mol. The Kier molecular flexibility index (Phi) is 6.17. The molecule has 0 N–H and O–H groups in total. The van der Waals surface area contributed by atoms with Crippen LogP contribution < -0.4 is 4.90 Å². The number of aryl methyl sites for hydroxylation is 1. The van der Waals surface area contributed by atoms with Crippen molar-refractivity contribution >= 4 is 23.6 Å². The van der Waals surface area contributed by atoms with Crippen molar-refractivity contribution in [2.24, 2.45) is 0 Å². The molecule has 1 amide bonds. The minimum Gasteiger partial charge on any atom is -0.341 e. The van der Waals surface area contributed by atoms with Gasteiger partial charge in [0.05, 0.1) is 11.4 Å². The number of hydrogen-bond acceptors (Lipinski definition) is 5. The van der Waals surface area contributed by atoms with E-state index in [-0.39, 0.29) is 5.91 Å². The Labute approximate surface area is 193 Å². The van der Waals surface area contributed by atoms with E-state index in [4.69, 9.17) is 0 Å². The van der Waals surface area contributed by atoms with E-state index in [1.54, 1.807) is 0 Å². The fraction of sp³-hybridized carbons (Fsp3) is 0.400. The van der Waals surface area contributed by atoms with E-state index in [0.29, 0.717) is 12.3 Å². The smallest absolute Gasteiger partial charge is 0.233 e. The predicted octanol–water partition coefficient (Wildman–Crippen LogP) is 4.24. The number of carbonyl (C=O) groups is 1. The lowest BCUT2D eigenvalue weighted by molar-refractivity contribution is -0.129. The van der Waals surface area contributed by atoms with Crippen LogP contribution in [0.3, 0.4) is 0 Å². The fourth-order valence-electron chi connectivity index (χ4n) is 4.50. The second-order valence-electron chi connectivity index (χ2n) is 8.62. The highest BCUT2D eigenvalue weighted by molar-refractivity contribution is 7.99. The Morgan fingerprint density at radius 1 is 0.938 bits per heavy atom. The number of thioether (sulfide) groups is 1. The van der Waals surface area contributed by atoms with Gasteiger partial charge < -0.3 is 9.80 Å². The second kappa shape index (κ2) is 9.36. The van der Waals surface area contributed by atoms with Crippen molar-refractivity contribution in [2.45, 2.75) is 44.3 Å². The third kappa shape index (κ3) is 4.39. The molecule has 0 saturated carbocycles. The number of aromatic nitrogens is 3. The molecule has 2 aromatic carbocycles. The molecule has 1 aromatic heterocycles. The highest BCUT2D eigenvalue weighted by Gasteiger charge is 2.24. The van der Waals surface area contributed by atoms with Crippen molar-refractivity contribution < 1.29 is 4.79 Å². The van der Waals surface area contributed by atoms with Gasteiger partial charge in [0.1, 0.15) is 0 Å². The SMILES string of the molecule is Cc1ccc(-n2c(SCC(=O)N3CCc4ccccc4C3)nnc2N2CCCCC2)cc1. The summed E-state index contributed by atoms with van der Waals surface area (Å²) in [6, 6.07) is 16.9. The zero-order valence-corrected chi connectivity index (χ0v) is 19.4. The van der Waals surface area contributed by atoms with Gasteiger partial charge >= 0.3 is 0 Å². The van der Waals surface area contributed by atoms with Crippen molar-refractivity contribution in [1.82, 2.24) is 19.7 Å². The molecule has 32 heavy (non-hydrogen) atoms. The lowest BCUT2D eigenvalue weighted by Gasteiger charge is -2.29. The fourth-order valence-corrected chi connectivity index (χ4v) is 5.35. The van der Waals surface area contributed by atoms with Gasteiger partial charge in [-0.25, -0.2) is 0 Å². The summed E-state index contributed by atoms with van der Waals surface area (Å²) in [5.41, 5.74) is 4.88. The first-order valence-electron chi connectivity index (χ1n) is 11.4. The summed E-state index contributed by atoms with van der Waals surface area (Å²) in [5.74, 6) is 1.41. The number of carbonyl (C=O) groups excluding carboxylic acids is 1. The van der Waals surface area contributed by atoms with Gasteiger partial charge in [0, 0.05) is 26.2 Å². The molecular formula is C25H29N5OS. The maximum atomic E-state index is 13.0. The van der Waals surface area contributed by atoms with Crippen LogP contribution in [0, 0.1) is 6.92 Å². The van der Waals surface area contributed by atoms with Crippen molar-refractivity contribution in [3.63, 3.8) is 0 Å². The molecule has 0 aliphatic carbocycles. The van der Waals surface area contributed by atoms with E-state index in [9.17, 15) is 4.79 Å². The summed E-state index contributed by atoms with van der Waals surface area (Å²) < 4.78 is 2.12. The molecule has 0 radical (unpaired) electrons. The van der Waals surface area contributed by atoms with Crippen LogP contribution in [0.1, 0.15) is 36.0 Å².